The van der Waals surface area contributed by atoms with Crippen LogP contribution in [0, 0.1) is 13.8 Å². The monoisotopic (exact) mass is 444 g/mol. The summed E-state index contributed by atoms with van der Waals surface area (Å²) in [6.07, 6.45) is -1.01. The van der Waals surface area contributed by atoms with Crippen molar-refractivity contribution in [3.8, 4) is 0 Å². The van der Waals surface area contributed by atoms with E-state index in [1.165, 1.54) is 18.3 Å². The summed E-state index contributed by atoms with van der Waals surface area (Å²) in [7, 11) is 0. The molecule has 0 spiro atoms. The molecule has 156 valence electrons. The van der Waals surface area contributed by atoms with Crippen LogP contribution in [0.5, 0.6) is 0 Å². The Balaban J connectivity index is 1.53. The first-order valence-corrected chi connectivity index (χ1v) is 10.5. The van der Waals surface area contributed by atoms with Crippen molar-refractivity contribution in [1.29, 1.82) is 0 Å². The fraction of sp³-hybridized carbons (Fsp3) is 0.227. The Hall–Kier alpha value is -2.90. The molecular formula is C22H21ClN2O4S. The Kier molecular flexibility index (Phi) is 6.74. The maximum absolute atomic E-state index is 12.4. The number of aryl methyl sites for hydroxylation is 2. The predicted octanol–water partition coefficient (Wildman–Crippen LogP) is 4.47. The van der Waals surface area contributed by atoms with E-state index in [1.807, 2.05) is 50.2 Å². The number of hydrogen-bond donors (Lipinski definition) is 2. The third-order valence-corrected chi connectivity index (χ3v) is 6.13. The van der Waals surface area contributed by atoms with Crippen LogP contribution < -0.4 is 10.6 Å². The molecule has 2 amide bonds. The van der Waals surface area contributed by atoms with Crippen LogP contribution in [-0.4, -0.2) is 30.4 Å². The number of hydrogen-bond acceptors (Lipinski definition) is 5. The number of thiophene rings is 1. The highest BCUT2D eigenvalue weighted by molar-refractivity contribution is 7.21. The van der Waals surface area contributed by atoms with Crippen molar-refractivity contribution in [2.24, 2.45) is 0 Å². The predicted molar refractivity (Wildman–Crippen MR) is 119 cm³/mol. The van der Waals surface area contributed by atoms with Gasteiger partial charge in [0, 0.05) is 15.8 Å². The normalized spacial score (nSPS) is 11.7. The van der Waals surface area contributed by atoms with Gasteiger partial charge in [-0.2, -0.15) is 0 Å². The first-order chi connectivity index (χ1) is 14.3. The van der Waals surface area contributed by atoms with Gasteiger partial charge in [0.1, 0.15) is 11.4 Å². The smallest absolute Gasteiger partial charge is 0.326 e. The minimum absolute atomic E-state index is 0.325. The summed E-state index contributed by atoms with van der Waals surface area (Å²) in [6.45, 7) is 4.95. The summed E-state index contributed by atoms with van der Waals surface area (Å²) >= 11 is 7.52. The topological polar surface area (TPSA) is 84.5 Å². The SMILES string of the molecule is Cc1ccc(NC(=O)C(C)OC(=O)CNC(=O)c2sc3ccccc3c2Cl)c(C)c1. The molecule has 2 N–H and O–H groups in total. The number of carbonyl (C=O) groups excluding carboxylic acids is 3. The minimum atomic E-state index is -1.01. The van der Waals surface area contributed by atoms with Crippen molar-refractivity contribution in [1.82, 2.24) is 5.32 Å². The van der Waals surface area contributed by atoms with E-state index in [0.717, 1.165) is 21.2 Å². The van der Waals surface area contributed by atoms with Crippen LogP contribution in [0.3, 0.4) is 0 Å². The lowest BCUT2D eigenvalue weighted by Gasteiger charge is -2.15. The lowest BCUT2D eigenvalue weighted by atomic mass is 10.1. The molecule has 0 fully saturated rings. The molecule has 3 aromatic rings. The average Bonchev–Trinajstić information content (AvgIpc) is 3.05. The molecule has 1 heterocycles. The van der Waals surface area contributed by atoms with Crippen molar-refractivity contribution >= 4 is 56.5 Å². The molecule has 1 atom stereocenters. The first-order valence-electron chi connectivity index (χ1n) is 9.29. The van der Waals surface area contributed by atoms with Crippen LogP contribution in [0.2, 0.25) is 5.02 Å². The Bertz CT molecular complexity index is 1130. The number of rotatable bonds is 6. The zero-order chi connectivity index (χ0) is 21.8. The second-order valence-corrected chi connectivity index (χ2v) is 8.29. The molecule has 0 bridgehead atoms. The second kappa shape index (κ2) is 9.28. The van der Waals surface area contributed by atoms with Gasteiger partial charge in [0.25, 0.3) is 11.8 Å². The quantitative estimate of drug-likeness (QED) is 0.549. The Labute approximate surface area is 183 Å². The fourth-order valence-corrected chi connectivity index (χ4v) is 4.31. The molecule has 0 aliphatic heterocycles. The maximum atomic E-state index is 12.4. The van der Waals surface area contributed by atoms with Crippen LogP contribution in [0.1, 0.15) is 27.7 Å². The second-order valence-electron chi connectivity index (χ2n) is 6.86. The molecule has 0 aliphatic carbocycles. The highest BCUT2D eigenvalue weighted by Gasteiger charge is 2.21. The van der Waals surface area contributed by atoms with Gasteiger partial charge in [-0.3, -0.25) is 14.4 Å². The van der Waals surface area contributed by atoms with E-state index < -0.39 is 23.9 Å². The van der Waals surface area contributed by atoms with Crippen LogP contribution in [0.15, 0.2) is 42.5 Å². The molecular weight excluding hydrogens is 424 g/mol. The molecule has 2 aromatic carbocycles. The number of halogens is 1. The first kappa shape index (κ1) is 21.8. The van der Waals surface area contributed by atoms with E-state index in [0.29, 0.717) is 15.6 Å². The Morgan fingerprint density at radius 3 is 2.57 bits per heavy atom. The Morgan fingerprint density at radius 1 is 1.13 bits per heavy atom. The fourth-order valence-electron chi connectivity index (χ4n) is 2.87. The van der Waals surface area contributed by atoms with Crippen LogP contribution in [0.25, 0.3) is 10.1 Å². The van der Waals surface area contributed by atoms with Gasteiger partial charge in [-0.15, -0.1) is 11.3 Å². The van der Waals surface area contributed by atoms with Crippen molar-refractivity contribution in [3.05, 3.63) is 63.5 Å². The third kappa shape index (κ3) is 4.98. The van der Waals surface area contributed by atoms with Gasteiger partial charge in [0.2, 0.25) is 0 Å². The van der Waals surface area contributed by atoms with E-state index in [2.05, 4.69) is 10.6 Å². The standard InChI is InChI=1S/C22H21ClN2O4S/c1-12-8-9-16(13(2)10-12)25-21(27)14(3)29-18(26)11-24-22(28)20-19(23)15-6-4-5-7-17(15)30-20/h4-10,14H,11H2,1-3H3,(H,24,28)(H,25,27). The van der Waals surface area contributed by atoms with Gasteiger partial charge in [0.05, 0.1) is 5.02 Å². The molecule has 0 saturated heterocycles. The van der Waals surface area contributed by atoms with Crippen LogP contribution >= 0.6 is 22.9 Å². The molecule has 1 aromatic heterocycles. The minimum Gasteiger partial charge on any atom is -0.451 e. The van der Waals surface area contributed by atoms with Gasteiger partial charge < -0.3 is 15.4 Å². The third-order valence-electron chi connectivity index (χ3n) is 4.45. The summed E-state index contributed by atoms with van der Waals surface area (Å²) in [5.74, 6) is -1.64. The van der Waals surface area contributed by atoms with Crippen molar-refractivity contribution in [2.45, 2.75) is 26.9 Å². The van der Waals surface area contributed by atoms with E-state index >= 15 is 0 Å². The maximum Gasteiger partial charge on any atom is 0.326 e. The zero-order valence-corrected chi connectivity index (χ0v) is 18.3. The molecule has 0 aliphatic rings. The van der Waals surface area contributed by atoms with Gasteiger partial charge in [-0.05, 0) is 38.5 Å². The number of ether oxygens (including phenoxy) is 1. The van der Waals surface area contributed by atoms with E-state index in [9.17, 15) is 14.4 Å². The Morgan fingerprint density at radius 2 is 1.87 bits per heavy atom. The number of anilines is 1. The molecule has 8 heteroatoms. The lowest BCUT2D eigenvalue weighted by Crippen LogP contribution is -2.35. The summed E-state index contributed by atoms with van der Waals surface area (Å²) in [6, 6.07) is 13.0. The summed E-state index contributed by atoms with van der Waals surface area (Å²) in [5.41, 5.74) is 2.65. The number of nitrogens with one attached hydrogen (secondary N) is 2. The number of amides is 2. The van der Waals surface area contributed by atoms with Crippen molar-refractivity contribution < 1.29 is 19.1 Å². The summed E-state index contributed by atoms with van der Waals surface area (Å²) in [5, 5.41) is 6.36. The van der Waals surface area contributed by atoms with Crippen LogP contribution in [-0.2, 0) is 14.3 Å². The van der Waals surface area contributed by atoms with E-state index in [1.54, 1.807) is 6.07 Å². The van der Waals surface area contributed by atoms with Gasteiger partial charge in [0.15, 0.2) is 6.10 Å². The number of benzene rings is 2. The number of fused-ring (bicyclic) bond motifs is 1. The summed E-state index contributed by atoms with van der Waals surface area (Å²) in [4.78, 5) is 37.1. The molecule has 0 radical (unpaired) electrons. The molecule has 0 saturated carbocycles. The van der Waals surface area contributed by atoms with Gasteiger partial charge in [-0.1, -0.05) is 47.5 Å². The van der Waals surface area contributed by atoms with Crippen molar-refractivity contribution in [3.63, 3.8) is 0 Å². The van der Waals surface area contributed by atoms with E-state index in [4.69, 9.17) is 16.3 Å². The lowest BCUT2D eigenvalue weighted by molar-refractivity contribution is -0.152. The highest BCUT2D eigenvalue weighted by Crippen LogP contribution is 2.34. The van der Waals surface area contributed by atoms with Gasteiger partial charge >= 0.3 is 5.97 Å². The largest absolute Gasteiger partial charge is 0.451 e. The van der Waals surface area contributed by atoms with Crippen LogP contribution in [0.4, 0.5) is 5.69 Å². The number of carbonyl (C=O) groups is 3. The van der Waals surface area contributed by atoms with E-state index in [-0.39, 0.29) is 6.54 Å². The highest BCUT2D eigenvalue weighted by atomic mass is 35.5. The van der Waals surface area contributed by atoms with Crippen molar-refractivity contribution in [2.75, 3.05) is 11.9 Å². The molecule has 3 rings (SSSR count). The zero-order valence-electron chi connectivity index (χ0n) is 16.7. The number of esters is 1. The summed E-state index contributed by atoms with van der Waals surface area (Å²) < 4.78 is 6.01. The molecule has 6 nitrogen and oxygen atoms in total. The van der Waals surface area contributed by atoms with Gasteiger partial charge in [-0.25, -0.2) is 0 Å². The average molecular weight is 445 g/mol. The molecule has 1 unspecified atom stereocenters. The molecule has 30 heavy (non-hydrogen) atoms.